The van der Waals surface area contributed by atoms with Crippen LogP contribution in [0.15, 0.2) is 12.4 Å². The third-order valence-electron chi connectivity index (χ3n) is 2.72. The van der Waals surface area contributed by atoms with Crippen molar-refractivity contribution >= 4 is 10.4 Å². The van der Waals surface area contributed by atoms with E-state index in [1.54, 1.807) is 0 Å². The van der Waals surface area contributed by atoms with Crippen LogP contribution in [0.25, 0.3) is 0 Å². The normalized spacial score (nSPS) is 18.8. The molecule has 108 valence electrons. The van der Waals surface area contributed by atoms with Crippen molar-refractivity contribution in [2.75, 3.05) is 13.1 Å². The molecule has 0 amide bonds. The van der Waals surface area contributed by atoms with Crippen molar-refractivity contribution in [3.05, 3.63) is 12.4 Å². The zero-order valence-corrected chi connectivity index (χ0v) is 12.1. The van der Waals surface area contributed by atoms with Gasteiger partial charge in [-0.25, -0.2) is 0 Å². The van der Waals surface area contributed by atoms with Gasteiger partial charge in [0.25, 0.3) is 0 Å². The summed E-state index contributed by atoms with van der Waals surface area (Å²) in [7, 11) is -4.67. The largest absolute Gasteiger partial charge is 0.394 e. The first-order chi connectivity index (χ1) is 8.33. The van der Waals surface area contributed by atoms with Crippen molar-refractivity contribution in [3.8, 4) is 0 Å². The Balaban J connectivity index is 0.000000494. The molecule has 7 heteroatoms. The lowest BCUT2D eigenvalue weighted by Crippen LogP contribution is -2.38. The third-order valence-corrected chi connectivity index (χ3v) is 2.72. The standard InChI is InChI=1S/C11H22N2.H2O4S/c1-4-7-8-13-10-9-12(6-3)11(13)5-2;1-5(2,3)4/h9-11H,4-8H2,1-3H3;(H2,1,2,3,4). The fourth-order valence-corrected chi connectivity index (χ4v) is 1.91. The highest BCUT2D eigenvalue weighted by Crippen LogP contribution is 2.18. The van der Waals surface area contributed by atoms with E-state index in [2.05, 4.69) is 43.0 Å². The fourth-order valence-electron chi connectivity index (χ4n) is 1.91. The van der Waals surface area contributed by atoms with Gasteiger partial charge in [0.2, 0.25) is 0 Å². The Labute approximate surface area is 110 Å². The molecule has 0 aromatic carbocycles. The highest BCUT2D eigenvalue weighted by atomic mass is 32.3. The molecule has 1 unspecified atom stereocenters. The molecule has 0 saturated carbocycles. The van der Waals surface area contributed by atoms with Crippen LogP contribution in [0.5, 0.6) is 0 Å². The predicted octanol–water partition coefficient (Wildman–Crippen LogP) is 1.98. The molecule has 0 fully saturated rings. The summed E-state index contributed by atoms with van der Waals surface area (Å²) in [5.41, 5.74) is 0. The van der Waals surface area contributed by atoms with E-state index in [-0.39, 0.29) is 0 Å². The fraction of sp³-hybridized carbons (Fsp3) is 0.818. The van der Waals surface area contributed by atoms with E-state index in [0.29, 0.717) is 6.17 Å². The zero-order chi connectivity index (χ0) is 14.2. The summed E-state index contributed by atoms with van der Waals surface area (Å²) in [5, 5.41) is 0. The zero-order valence-electron chi connectivity index (χ0n) is 11.3. The van der Waals surface area contributed by atoms with Gasteiger partial charge in [0.1, 0.15) is 6.17 Å². The van der Waals surface area contributed by atoms with Crippen molar-refractivity contribution in [2.45, 2.75) is 46.2 Å². The van der Waals surface area contributed by atoms with Gasteiger partial charge in [-0.1, -0.05) is 20.3 Å². The molecule has 6 nitrogen and oxygen atoms in total. The van der Waals surface area contributed by atoms with Crippen LogP contribution >= 0.6 is 0 Å². The summed E-state index contributed by atoms with van der Waals surface area (Å²) < 4.78 is 31.6. The maximum absolute atomic E-state index is 8.74. The Morgan fingerprint density at radius 3 is 2.00 bits per heavy atom. The second-order valence-electron chi connectivity index (χ2n) is 4.06. The van der Waals surface area contributed by atoms with Gasteiger partial charge in [-0.2, -0.15) is 8.42 Å². The van der Waals surface area contributed by atoms with Gasteiger partial charge in [0, 0.05) is 25.5 Å². The molecule has 0 bridgehead atoms. The summed E-state index contributed by atoms with van der Waals surface area (Å²) in [6.45, 7) is 9.06. The maximum atomic E-state index is 8.74. The van der Waals surface area contributed by atoms with Crippen molar-refractivity contribution in [1.29, 1.82) is 0 Å². The van der Waals surface area contributed by atoms with Crippen LogP contribution in [0.1, 0.15) is 40.0 Å². The van der Waals surface area contributed by atoms with Crippen LogP contribution in [-0.4, -0.2) is 46.6 Å². The summed E-state index contributed by atoms with van der Waals surface area (Å²) >= 11 is 0. The van der Waals surface area contributed by atoms with E-state index in [0.717, 1.165) is 6.54 Å². The molecule has 1 heterocycles. The monoisotopic (exact) mass is 280 g/mol. The smallest absolute Gasteiger partial charge is 0.356 e. The average molecular weight is 280 g/mol. The van der Waals surface area contributed by atoms with Crippen molar-refractivity contribution in [1.82, 2.24) is 9.80 Å². The van der Waals surface area contributed by atoms with Crippen LogP contribution in [0.3, 0.4) is 0 Å². The van der Waals surface area contributed by atoms with Crippen LogP contribution < -0.4 is 0 Å². The predicted molar refractivity (Wildman–Crippen MR) is 71.4 cm³/mol. The number of unbranched alkanes of at least 4 members (excludes halogenated alkanes) is 1. The van der Waals surface area contributed by atoms with Gasteiger partial charge in [0.15, 0.2) is 0 Å². The summed E-state index contributed by atoms with van der Waals surface area (Å²) in [4.78, 5) is 4.88. The van der Waals surface area contributed by atoms with Gasteiger partial charge in [-0.15, -0.1) is 0 Å². The minimum absolute atomic E-state index is 0.622. The molecule has 0 aromatic rings. The molecule has 1 atom stereocenters. The minimum atomic E-state index is -4.67. The van der Waals surface area contributed by atoms with Crippen LogP contribution in [-0.2, 0) is 10.4 Å². The average Bonchev–Trinajstić information content (AvgIpc) is 2.65. The van der Waals surface area contributed by atoms with Crippen molar-refractivity contribution in [3.63, 3.8) is 0 Å². The Hall–Kier alpha value is -0.790. The van der Waals surface area contributed by atoms with Crippen molar-refractivity contribution in [2.24, 2.45) is 0 Å². The second-order valence-corrected chi connectivity index (χ2v) is 4.95. The van der Waals surface area contributed by atoms with E-state index in [9.17, 15) is 0 Å². The summed E-state index contributed by atoms with van der Waals surface area (Å²) in [5.74, 6) is 0. The van der Waals surface area contributed by atoms with E-state index < -0.39 is 10.4 Å². The topological polar surface area (TPSA) is 81.1 Å². The van der Waals surface area contributed by atoms with Gasteiger partial charge < -0.3 is 9.80 Å². The van der Waals surface area contributed by atoms with Crippen LogP contribution in [0, 0.1) is 0 Å². The molecule has 2 N–H and O–H groups in total. The van der Waals surface area contributed by atoms with Gasteiger partial charge >= 0.3 is 10.4 Å². The van der Waals surface area contributed by atoms with Crippen LogP contribution in [0.4, 0.5) is 0 Å². The minimum Gasteiger partial charge on any atom is -0.356 e. The molecule has 0 radical (unpaired) electrons. The van der Waals surface area contributed by atoms with Gasteiger partial charge in [-0.3, -0.25) is 9.11 Å². The van der Waals surface area contributed by atoms with E-state index in [1.165, 1.54) is 25.8 Å². The highest BCUT2D eigenvalue weighted by Gasteiger charge is 2.22. The molecule has 0 aromatic heterocycles. The van der Waals surface area contributed by atoms with Crippen LogP contribution in [0.2, 0.25) is 0 Å². The molecule has 0 aliphatic carbocycles. The molecule has 1 aliphatic rings. The van der Waals surface area contributed by atoms with Gasteiger partial charge in [-0.05, 0) is 19.8 Å². The Kier molecular flexibility index (Phi) is 7.97. The SMILES string of the molecule is CCCCN1C=CN(CC)C1CC.O=S(=O)(O)O. The lowest BCUT2D eigenvalue weighted by Gasteiger charge is -2.31. The second kappa shape index (κ2) is 8.34. The van der Waals surface area contributed by atoms with Gasteiger partial charge in [0.05, 0.1) is 0 Å². The first kappa shape index (κ1) is 17.2. The first-order valence-electron chi connectivity index (χ1n) is 6.23. The molecule has 1 aliphatic heterocycles. The molecule has 0 saturated heterocycles. The van der Waals surface area contributed by atoms with E-state index in [1.807, 2.05) is 0 Å². The number of nitrogens with zero attached hydrogens (tertiary/aromatic N) is 2. The van der Waals surface area contributed by atoms with E-state index >= 15 is 0 Å². The quantitative estimate of drug-likeness (QED) is 0.749. The number of hydrogen-bond donors (Lipinski definition) is 2. The highest BCUT2D eigenvalue weighted by molar-refractivity contribution is 7.79. The molecule has 1 rings (SSSR count). The Morgan fingerprint density at radius 1 is 1.11 bits per heavy atom. The number of hydrogen-bond acceptors (Lipinski definition) is 4. The Morgan fingerprint density at radius 2 is 1.61 bits per heavy atom. The maximum Gasteiger partial charge on any atom is 0.394 e. The summed E-state index contributed by atoms with van der Waals surface area (Å²) in [6.07, 6.45) is 8.89. The lowest BCUT2D eigenvalue weighted by atomic mass is 10.2. The molecule has 18 heavy (non-hydrogen) atoms. The van der Waals surface area contributed by atoms with Crippen molar-refractivity contribution < 1.29 is 17.5 Å². The molecular weight excluding hydrogens is 256 g/mol. The lowest BCUT2D eigenvalue weighted by molar-refractivity contribution is 0.152. The third kappa shape index (κ3) is 7.52. The number of rotatable bonds is 5. The summed E-state index contributed by atoms with van der Waals surface area (Å²) in [6, 6.07) is 0. The molecule has 0 spiro atoms. The Bertz CT molecular complexity index is 335. The first-order valence-corrected chi connectivity index (χ1v) is 7.62. The van der Waals surface area contributed by atoms with E-state index in [4.69, 9.17) is 17.5 Å². The molecular formula is C11H24N2O4S.